The SMILES string of the molecule is O=C(Nc1ccc(F)cc1F)c1nnc(CNS(=O)(=O)c2ccc(Cl)cc2)s1. The number of amides is 1. The Morgan fingerprint density at radius 3 is 2.50 bits per heavy atom. The first-order chi connectivity index (χ1) is 13.2. The molecule has 0 aliphatic rings. The Balaban J connectivity index is 1.65. The van der Waals surface area contributed by atoms with Crippen molar-refractivity contribution in [2.24, 2.45) is 0 Å². The highest BCUT2D eigenvalue weighted by Crippen LogP contribution is 2.18. The van der Waals surface area contributed by atoms with E-state index in [1.807, 2.05) is 0 Å². The van der Waals surface area contributed by atoms with Crippen LogP contribution in [0.2, 0.25) is 5.02 Å². The Hall–Kier alpha value is -2.47. The second kappa shape index (κ2) is 8.27. The molecular formula is C16H11ClF2N4O3S2. The Kier molecular flexibility index (Phi) is 5.98. The van der Waals surface area contributed by atoms with Gasteiger partial charge >= 0.3 is 0 Å². The second-order valence-corrected chi connectivity index (χ2v) is 8.62. The number of carbonyl (C=O) groups is 1. The van der Waals surface area contributed by atoms with Crippen LogP contribution in [0.3, 0.4) is 0 Å². The Bertz CT molecular complexity index is 1120. The summed E-state index contributed by atoms with van der Waals surface area (Å²) in [7, 11) is -3.80. The van der Waals surface area contributed by atoms with E-state index in [1.54, 1.807) is 0 Å². The van der Waals surface area contributed by atoms with Gasteiger partial charge in [-0.05, 0) is 36.4 Å². The summed E-state index contributed by atoms with van der Waals surface area (Å²) >= 11 is 6.56. The lowest BCUT2D eigenvalue weighted by molar-refractivity contribution is 0.102. The van der Waals surface area contributed by atoms with Gasteiger partial charge < -0.3 is 5.32 Å². The normalized spacial score (nSPS) is 11.4. The first-order valence-electron chi connectivity index (χ1n) is 7.58. The third-order valence-corrected chi connectivity index (χ3v) is 5.97. The van der Waals surface area contributed by atoms with Crippen molar-refractivity contribution in [3.63, 3.8) is 0 Å². The molecule has 1 amide bonds. The average Bonchev–Trinajstić information content (AvgIpc) is 3.12. The smallest absolute Gasteiger partial charge is 0.286 e. The van der Waals surface area contributed by atoms with E-state index >= 15 is 0 Å². The highest BCUT2D eigenvalue weighted by Gasteiger charge is 2.18. The van der Waals surface area contributed by atoms with E-state index in [4.69, 9.17) is 11.6 Å². The molecule has 28 heavy (non-hydrogen) atoms. The van der Waals surface area contributed by atoms with Crippen LogP contribution in [0.4, 0.5) is 14.5 Å². The van der Waals surface area contributed by atoms with Gasteiger partial charge in [0.1, 0.15) is 16.6 Å². The molecule has 1 aromatic heterocycles. The van der Waals surface area contributed by atoms with Gasteiger partial charge in [0.15, 0.2) is 0 Å². The third-order valence-electron chi connectivity index (χ3n) is 3.38. The van der Waals surface area contributed by atoms with Gasteiger partial charge in [0.2, 0.25) is 15.0 Å². The molecule has 12 heteroatoms. The van der Waals surface area contributed by atoms with Crippen LogP contribution in [-0.4, -0.2) is 24.5 Å². The van der Waals surface area contributed by atoms with Gasteiger partial charge in [0.05, 0.1) is 17.1 Å². The van der Waals surface area contributed by atoms with E-state index in [0.717, 1.165) is 23.5 Å². The summed E-state index contributed by atoms with van der Waals surface area (Å²) in [5.74, 6) is -2.47. The summed E-state index contributed by atoms with van der Waals surface area (Å²) in [5.41, 5.74) is -0.216. The van der Waals surface area contributed by atoms with E-state index < -0.39 is 27.6 Å². The fourth-order valence-corrected chi connectivity index (χ4v) is 3.92. The number of anilines is 1. The monoisotopic (exact) mass is 444 g/mol. The van der Waals surface area contributed by atoms with Crippen molar-refractivity contribution in [1.82, 2.24) is 14.9 Å². The molecule has 0 saturated heterocycles. The molecule has 0 aliphatic heterocycles. The number of rotatable bonds is 6. The number of benzene rings is 2. The largest absolute Gasteiger partial charge is 0.317 e. The van der Waals surface area contributed by atoms with Crippen molar-refractivity contribution >= 4 is 44.6 Å². The lowest BCUT2D eigenvalue weighted by Gasteiger charge is -2.05. The minimum absolute atomic E-state index is 0.0196. The zero-order chi connectivity index (χ0) is 20.3. The molecule has 146 valence electrons. The molecule has 0 bridgehead atoms. The molecule has 0 spiro atoms. The number of sulfonamides is 1. The van der Waals surface area contributed by atoms with Crippen LogP contribution in [0, 0.1) is 11.6 Å². The van der Waals surface area contributed by atoms with Crippen LogP contribution in [0.1, 0.15) is 14.8 Å². The zero-order valence-electron chi connectivity index (χ0n) is 13.8. The highest BCUT2D eigenvalue weighted by molar-refractivity contribution is 7.89. The summed E-state index contributed by atoms with van der Waals surface area (Å²) in [4.78, 5) is 12.1. The summed E-state index contributed by atoms with van der Waals surface area (Å²) < 4.78 is 53.3. The lowest BCUT2D eigenvalue weighted by atomic mass is 10.3. The maximum atomic E-state index is 13.6. The summed E-state index contributed by atoms with van der Waals surface area (Å²) in [6.45, 7) is -0.194. The molecule has 0 atom stereocenters. The van der Waals surface area contributed by atoms with Gasteiger partial charge in [-0.1, -0.05) is 22.9 Å². The van der Waals surface area contributed by atoms with Crippen molar-refractivity contribution in [2.75, 3.05) is 5.32 Å². The standard InChI is InChI=1S/C16H11ClF2N4O3S2/c17-9-1-4-11(5-2-9)28(25,26)20-8-14-22-23-16(27-14)15(24)21-13-6-3-10(18)7-12(13)19/h1-7,20H,8H2,(H,21,24). The maximum absolute atomic E-state index is 13.6. The van der Waals surface area contributed by atoms with Gasteiger partial charge in [0, 0.05) is 11.1 Å². The molecule has 0 radical (unpaired) electrons. The molecule has 0 aliphatic carbocycles. The Morgan fingerprint density at radius 1 is 1.11 bits per heavy atom. The first kappa shape index (κ1) is 20.3. The Morgan fingerprint density at radius 2 is 1.82 bits per heavy atom. The van der Waals surface area contributed by atoms with Gasteiger partial charge in [-0.15, -0.1) is 10.2 Å². The molecule has 0 saturated carbocycles. The molecular weight excluding hydrogens is 434 g/mol. The fraction of sp³-hybridized carbons (Fsp3) is 0.0625. The number of halogens is 3. The Labute approximate surface area is 167 Å². The lowest BCUT2D eigenvalue weighted by Crippen LogP contribution is -2.23. The number of nitrogens with one attached hydrogen (secondary N) is 2. The van der Waals surface area contributed by atoms with Gasteiger partial charge in [-0.3, -0.25) is 4.79 Å². The van der Waals surface area contributed by atoms with Gasteiger partial charge in [0.25, 0.3) is 5.91 Å². The third kappa shape index (κ3) is 4.87. The number of nitrogens with zero attached hydrogens (tertiary/aromatic N) is 2. The van der Waals surface area contributed by atoms with E-state index in [0.29, 0.717) is 11.1 Å². The quantitative estimate of drug-likeness (QED) is 0.608. The predicted octanol–water partition coefficient (Wildman–Crippen LogP) is 3.20. The van der Waals surface area contributed by atoms with Crippen LogP contribution >= 0.6 is 22.9 Å². The van der Waals surface area contributed by atoms with Gasteiger partial charge in [-0.2, -0.15) is 0 Å². The number of hydrogen-bond donors (Lipinski definition) is 2. The van der Waals surface area contributed by atoms with Crippen molar-refractivity contribution in [2.45, 2.75) is 11.4 Å². The molecule has 3 rings (SSSR count). The maximum Gasteiger partial charge on any atom is 0.286 e. The predicted molar refractivity (Wildman–Crippen MR) is 99.7 cm³/mol. The van der Waals surface area contributed by atoms with E-state index in [-0.39, 0.29) is 27.1 Å². The molecule has 7 nitrogen and oxygen atoms in total. The van der Waals surface area contributed by atoms with Crippen molar-refractivity contribution < 1.29 is 22.0 Å². The average molecular weight is 445 g/mol. The minimum atomic E-state index is -3.80. The summed E-state index contributed by atoms with van der Waals surface area (Å²) in [5, 5.41) is 10.1. The van der Waals surface area contributed by atoms with Crippen LogP contribution in [0.5, 0.6) is 0 Å². The molecule has 0 fully saturated rings. The first-order valence-corrected chi connectivity index (χ1v) is 10.3. The highest BCUT2D eigenvalue weighted by atomic mass is 35.5. The van der Waals surface area contributed by atoms with E-state index in [1.165, 1.54) is 24.3 Å². The van der Waals surface area contributed by atoms with Crippen molar-refractivity contribution in [3.05, 3.63) is 69.1 Å². The van der Waals surface area contributed by atoms with E-state index in [9.17, 15) is 22.0 Å². The fourth-order valence-electron chi connectivity index (χ4n) is 2.04. The number of hydrogen-bond acceptors (Lipinski definition) is 6. The number of aromatic nitrogens is 2. The van der Waals surface area contributed by atoms with Crippen LogP contribution in [-0.2, 0) is 16.6 Å². The summed E-state index contributed by atoms with van der Waals surface area (Å²) in [6, 6.07) is 8.28. The van der Waals surface area contributed by atoms with Crippen molar-refractivity contribution in [1.29, 1.82) is 0 Å². The summed E-state index contributed by atoms with van der Waals surface area (Å²) in [6.07, 6.45) is 0. The molecule has 0 unspecified atom stereocenters. The van der Waals surface area contributed by atoms with Crippen LogP contribution < -0.4 is 10.0 Å². The van der Waals surface area contributed by atoms with E-state index in [2.05, 4.69) is 20.2 Å². The van der Waals surface area contributed by atoms with Gasteiger partial charge in [-0.25, -0.2) is 21.9 Å². The van der Waals surface area contributed by atoms with Crippen molar-refractivity contribution in [3.8, 4) is 0 Å². The minimum Gasteiger partial charge on any atom is -0.317 e. The zero-order valence-corrected chi connectivity index (χ0v) is 16.2. The van der Waals surface area contributed by atoms with Crippen LogP contribution in [0.25, 0.3) is 0 Å². The number of carbonyl (C=O) groups excluding carboxylic acids is 1. The van der Waals surface area contributed by atoms with Crippen LogP contribution in [0.15, 0.2) is 47.4 Å². The second-order valence-electron chi connectivity index (χ2n) is 5.36. The molecule has 2 N–H and O–H groups in total. The molecule has 2 aromatic carbocycles. The molecule has 3 aromatic rings. The molecule has 1 heterocycles. The topological polar surface area (TPSA) is 101 Å².